The van der Waals surface area contributed by atoms with Crippen molar-refractivity contribution in [1.29, 1.82) is 0 Å². The third-order valence-corrected chi connectivity index (χ3v) is 6.84. The summed E-state index contributed by atoms with van der Waals surface area (Å²) < 4.78 is 26.9. The number of Topliss-reactive ketones (excluding diaryl/α,β-unsaturated/α-hetero) is 1. The number of nitrogens with zero attached hydrogens (tertiary/aromatic N) is 1. The first kappa shape index (κ1) is 19.3. The summed E-state index contributed by atoms with van der Waals surface area (Å²) in [5.74, 6) is -1.75. The highest BCUT2D eigenvalue weighted by atomic mass is 32.2. The van der Waals surface area contributed by atoms with Gasteiger partial charge >= 0.3 is 0 Å². The minimum Gasteiger partial charge on any atom is -0.545 e. The molecular weight excluding hydrogens is 366 g/mol. The number of hydrogen-bond donors (Lipinski definition) is 0. The van der Waals surface area contributed by atoms with Gasteiger partial charge in [0.15, 0.2) is 5.78 Å². The molecule has 0 N–H and O–H groups in total. The van der Waals surface area contributed by atoms with Crippen molar-refractivity contribution in [3.63, 3.8) is 0 Å². The number of rotatable bonds is 5. The number of piperidine rings is 1. The van der Waals surface area contributed by atoms with Gasteiger partial charge in [-0.05, 0) is 25.8 Å². The minimum atomic E-state index is -3.96. The highest BCUT2D eigenvalue weighted by Crippen LogP contribution is 2.27. The first-order valence-electron chi connectivity index (χ1n) is 8.72. The predicted octanol–water partition coefficient (Wildman–Crippen LogP) is 1.64. The van der Waals surface area contributed by atoms with Crippen LogP contribution in [0, 0.1) is 12.8 Å². The van der Waals surface area contributed by atoms with Gasteiger partial charge in [-0.2, -0.15) is 4.31 Å². The number of ketones is 1. The topological polar surface area (TPSA) is 94.6 Å². The summed E-state index contributed by atoms with van der Waals surface area (Å²) in [5.41, 5.74) is 1.35. The maximum Gasteiger partial charge on any atom is 0.243 e. The van der Waals surface area contributed by atoms with Gasteiger partial charge in [0.05, 0.1) is 10.9 Å². The molecule has 1 saturated heterocycles. The van der Waals surface area contributed by atoms with Gasteiger partial charge in [0.1, 0.15) is 0 Å². The third kappa shape index (κ3) is 3.94. The van der Waals surface area contributed by atoms with Gasteiger partial charge in [0.2, 0.25) is 10.0 Å². The van der Waals surface area contributed by atoms with E-state index >= 15 is 0 Å². The van der Waals surface area contributed by atoms with Crippen LogP contribution in [0.3, 0.4) is 0 Å². The molecule has 27 heavy (non-hydrogen) atoms. The summed E-state index contributed by atoms with van der Waals surface area (Å²) in [4.78, 5) is 23.6. The number of aryl methyl sites for hydroxylation is 1. The van der Waals surface area contributed by atoms with Gasteiger partial charge in [-0.3, -0.25) is 4.79 Å². The standard InChI is InChI=1S/C20H21NO5S/c1-14-6-8-15(9-7-14)19(22)16-10-12-21(13-11-16)27(25,26)18-5-3-2-4-17(18)20(23)24/h2-9,16H,10-13H2,1H3,(H,23,24)/p-1. The maximum atomic E-state index is 12.8. The fraction of sp³-hybridized carbons (Fsp3) is 0.300. The molecule has 1 heterocycles. The molecule has 0 radical (unpaired) electrons. The second kappa shape index (κ2) is 7.62. The molecule has 0 spiro atoms. The van der Waals surface area contributed by atoms with E-state index < -0.39 is 16.0 Å². The smallest absolute Gasteiger partial charge is 0.243 e. The van der Waals surface area contributed by atoms with Gasteiger partial charge in [-0.1, -0.05) is 48.0 Å². The van der Waals surface area contributed by atoms with E-state index in [-0.39, 0.29) is 35.2 Å². The van der Waals surface area contributed by atoms with E-state index in [2.05, 4.69) is 0 Å². The summed E-state index contributed by atoms with van der Waals surface area (Å²) in [7, 11) is -3.96. The largest absolute Gasteiger partial charge is 0.545 e. The number of carboxylic acid groups (broad SMARTS) is 1. The number of sulfonamides is 1. The Bertz CT molecular complexity index is 958. The Balaban J connectivity index is 1.74. The Morgan fingerprint density at radius 2 is 1.59 bits per heavy atom. The molecule has 0 bridgehead atoms. The van der Waals surface area contributed by atoms with Crippen LogP contribution in [-0.4, -0.2) is 37.6 Å². The molecule has 7 heteroatoms. The van der Waals surface area contributed by atoms with E-state index in [1.165, 1.54) is 28.6 Å². The van der Waals surface area contributed by atoms with E-state index in [1.807, 2.05) is 19.1 Å². The lowest BCUT2D eigenvalue weighted by molar-refractivity contribution is -0.255. The highest BCUT2D eigenvalue weighted by molar-refractivity contribution is 7.89. The fourth-order valence-corrected chi connectivity index (χ4v) is 4.96. The molecule has 1 aliphatic rings. The Kier molecular flexibility index (Phi) is 5.43. The van der Waals surface area contributed by atoms with Gasteiger partial charge in [-0.25, -0.2) is 8.42 Å². The lowest BCUT2D eigenvalue weighted by Crippen LogP contribution is -2.41. The van der Waals surface area contributed by atoms with E-state index in [4.69, 9.17) is 0 Å². The van der Waals surface area contributed by atoms with Crippen LogP contribution in [0.4, 0.5) is 0 Å². The predicted molar refractivity (Wildman–Crippen MR) is 97.8 cm³/mol. The molecule has 2 aromatic rings. The van der Waals surface area contributed by atoms with Crippen molar-refractivity contribution in [2.45, 2.75) is 24.7 Å². The average Bonchev–Trinajstić information content (AvgIpc) is 2.68. The molecule has 1 fully saturated rings. The zero-order valence-electron chi connectivity index (χ0n) is 14.9. The van der Waals surface area contributed by atoms with Crippen molar-refractivity contribution < 1.29 is 23.1 Å². The molecule has 0 atom stereocenters. The molecule has 0 amide bonds. The normalized spacial score (nSPS) is 16.2. The van der Waals surface area contributed by atoms with E-state index in [9.17, 15) is 23.1 Å². The van der Waals surface area contributed by atoms with Crippen molar-refractivity contribution in [2.75, 3.05) is 13.1 Å². The number of carboxylic acids is 1. The van der Waals surface area contributed by atoms with Crippen LogP contribution in [0.15, 0.2) is 53.4 Å². The summed E-state index contributed by atoms with van der Waals surface area (Å²) in [6.07, 6.45) is 0.804. The summed E-state index contributed by atoms with van der Waals surface area (Å²) in [6, 6.07) is 12.8. The van der Waals surface area contributed by atoms with Crippen LogP contribution in [0.25, 0.3) is 0 Å². The molecule has 2 aromatic carbocycles. The second-order valence-corrected chi connectivity index (χ2v) is 8.60. The summed E-state index contributed by atoms with van der Waals surface area (Å²) >= 11 is 0. The molecule has 0 aliphatic carbocycles. The number of hydrogen-bond acceptors (Lipinski definition) is 5. The first-order valence-corrected chi connectivity index (χ1v) is 10.2. The second-order valence-electron chi connectivity index (χ2n) is 6.69. The number of carbonyl (C=O) groups excluding carboxylic acids is 2. The quantitative estimate of drug-likeness (QED) is 0.728. The molecule has 0 unspecified atom stereocenters. The molecule has 142 valence electrons. The monoisotopic (exact) mass is 386 g/mol. The van der Waals surface area contributed by atoms with Crippen LogP contribution in [-0.2, 0) is 10.0 Å². The van der Waals surface area contributed by atoms with Crippen LogP contribution < -0.4 is 5.11 Å². The number of aromatic carboxylic acids is 1. The van der Waals surface area contributed by atoms with Crippen molar-refractivity contribution in [3.05, 3.63) is 65.2 Å². The summed E-state index contributed by atoms with van der Waals surface area (Å²) in [6.45, 7) is 2.29. The van der Waals surface area contributed by atoms with Gasteiger partial charge in [0.25, 0.3) is 0 Å². The number of benzene rings is 2. The van der Waals surface area contributed by atoms with Gasteiger partial charge < -0.3 is 9.90 Å². The van der Waals surface area contributed by atoms with Crippen LogP contribution in [0.2, 0.25) is 0 Å². The Morgan fingerprint density at radius 1 is 1.00 bits per heavy atom. The SMILES string of the molecule is Cc1ccc(C(=O)C2CCN(S(=O)(=O)c3ccccc3C(=O)[O-])CC2)cc1. The van der Waals surface area contributed by atoms with Gasteiger partial charge in [-0.15, -0.1) is 0 Å². The molecule has 3 rings (SSSR count). The molecule has 0 aromatic heterocycles. The maximum absolute atomic E-state index is 12.8. The zero-order chi connectivity index (χ0) is 19.6. The van der Waals surface area contributed by atoms with Crippen molar-refractivity contribution in [3.8, 4) is 0 Å². The fourth-order valence-electron chi connectivity index (χ4n) is 3.31. The Morgan fingerprint density at radius 3 is 2.19 bits per heavy atom. The van der Waals surface area contributed by atoms with E-state index in [0.29, 0.717) is 18.4 Å². The third-order valence-electron chi connectivity index (χ3n) is 4.89. The van der Waals surface area contributed by atoms with Crippen LogP contribution in [0.5, 0.6) is 0 Å². The molecule has 6 nitrogen and oxygen atoms in total. The van der Waals surface area contributed by atoms with Crippen LogP contribution >= 0.6 is 0 Å². The van der Waals surface area contributed by atoms with Crippen molar-refractivity contribution in [2.24, 2.45) is 5.92 Å². The average molecular weight is 386 g/mol. The van der Waals surface area contributed by atoms with E-state index in [1.54, 1.807) is 12.1 Å². The van der Waals surface area contributed by atoms with Crippen LogP contribution in [0.1, 0.15) is 39.1 Å². The van der Waals surface area contributed by atoms with Crippen molar-refractivity contribution >= 4 is 21.8 Å². The van der Waals surface area contributed by atoms with Gasteiger partial charge in [0, 0.05) is 30.1 Å². The summed E-state index contributed by atoms with van der Waals surface area (Å²) in [5, 5.41) is 11.2. The Hall–Kier alpha value is -2.51. The van der Waals surface area contributed by atoms with E-state index in [0.717, 1.165) is 5.56 Å². The Labute approximate surface area is 158 Å². The molecule has 0 saturated carbocycles. The first-order chi connectivity index (χ1) is 12.8. The lowest BCUT2D eigenvalue weighted by Gasteiger charge is -2.31. The lowest BCUT2D eigenvalue weighted by atomic mass is 9.89. The number of carbonyl (C=O) groups is 2. The minimum absolute atomic E-state index is 0.0159. The molecular formula is C20H20NO5S-. The van der Waals surface area contributed by atoms with Crippen molar-refractivity contribution in [1.82, 2.24) is 4.31 Å². The highest BCUT2D eigenvalue weighted by Gasteiger charge is 2.33. The zero-order valence-corrected chi connectivity index (χ0v) is 15.7. The molecule has 1 aliphatic heterocycles.